The summed E-state index contributed by atoms with van der Waals surface area (Å²) in [7, 11) is -4.25. The Labute approximate surface area is 182 Å². The maximum atomic E-state index is 14.5. The van der Waals surface area contributed by atoms with Crippen LogP contribution < -0.4 is 20.5 Å². The molecule has 1 aromatic carbocycles. The summed E-state index contributed by atoms with van der Waals surface area (Å²) in [5.41, 5.74) is 4.30. The summed E-state index contributed by atoms with van der Waals surface area (Å²) in [6.45, 7) is 0.0908. The summed E-state index contributed by atoms with van der Waals surface area (Å²) < 4.78 is 42.5. The molecule has 0 spiro atoms. The van der Waals surface area contributed by atoms with Crippen molar-refractivity contribution in [3.63, 3.8) is 0 Å². The number of rotatable bonds is 9. The van der Waals surface area contributed by atoms with Crippen LogP contribution in [0.5, 0.6) is 0 Å². The van der Waals surface area contributed by atoms with E-state index < -0.39 is 28.4 Å². The zero-order valence-corrected chi connectivity index (χ0v) is 18.2. The molecule has 3 rings (SSSR count). The fourth-order valence-electron chi connectivity index (χ4n) is 3.27. The summed E-state index contributed by atoms with van der Waals surface area (Å²) in [6.07, 6.45) is -0.647. The van der Waals surface area contributed by atoms with E-state index in [9.17, 15) is 23.0 Å². The van der Waals surface area contributed by atoms with Crippen molar-refractivity contribution in [1.29, 1.82) is 0 Å². The highest BCUT2D eigenvalue weighted by molar-refractivity contribution is 7.98. The second-order valence-corrected chi connectivity index (χ2v) is 9.63. The van der Waals surface area contributed by atoms with E-state index in [4.69, 9.17) is 10.9 Å². The first-order valence-corrected chi connectivity index (χ1v) is 11.8. The number of aliphatic hydroxyl groups is 2. The quantitative estimate of drug-likeness (QED) is 0.236. The second kappa shape index (κ2) is 9.72. The molecule has 31 heavy (non-hydrogen) atoms. The molecular formula is C16H25FN8O4S2. The molecule has 172 valence electrons. The van der Waals surface area contributed by atoms with Crippen molar-refractivity contribution in [2.24, 2.45) is 10.9 Å². The summed E-state index contributed by atoms with van der Waals surface area (Å²) in [6, 6.07) is 3.24. The van der Waals surface area contributed by atoms with Crippen LogP contribution in [-0.4, -0.2) is 83.8 Å². The summed E-state index contributed by atoms with van der Waals surface area (Å²) >= 11 is 0.965. The van der Waals surface area contributed by atoms with Crippen LogP contribution in [0.25, 0.3) is 11.4 Å². The molecule has 12 nitrogen and oxygen atoms in total. The monoisotopic (exact) mass is 476 g/mol. The van der Waals surface area contributed by atoms with Crippen LogP contribution in [0, 0.1) is 0 Å². The lowest BCUT2D eigenvalue weighted by Gasteiger charge is -2.37. The molecule has 15 heteroatoms. The third-order valence-corrected chi connectivity index (χ3v) is 7.00. The van der Waals surface area contributed by atoms with Crippen LogP contribution in [-0.2, 0) is 10.0 Å². The fraction of sp³-hybridized carbons (Fsp3) is 0.562. The molecule has 1 saturated heterocycles. The number of tetrazole rings is 1. The van der Waals surface area contributed by atoms with Crippen molar-refractivity contribution in [2.45, 2.75) is 34.4 Å². The molecule has 2 heterocycles. The first-order valence-electron chi connectivity index (χ1n) is 9.44. The SMILES string of the molecule is NC[C@@H](O)CNSc1ccc(N2CCC(F)(CO)CC2)c(-c2nn[nH]n2)c1S(N)(=O)=O. The number of sulfonamides is 1. The van der Waals surface area contributed by atoms with E-state index in [0.29, 0.717) is 5.69 Å². The van der Waals surface area contributed by atoms with Crippen molar-refractivity contribution >= 4 is 27.7 Å². The van der Waals surface area contributed by atoms with E-state index in [2.05, 4.69) is 25.3 Å². The lowest BCUT2D eigenvalue weighted by atomic mass is 9.93. The number of nitrogens with two attached hydrogens (primary N) is 2. The lowest BCUT2D eigenvalue weighted by Crippen LogP contribution is -2.44. The minimum Gasteiger partial charge on any atom is -0.393 e. The normalized spacial score (nSPS) is 17.6. The van der Waals surface area contributed by atoms with Gasteiger partial charge in [0.1, 0.15) is 10.6 Å². The molecule has 1 atom stereocenters. The third-order valence-electron chi connectivity index (χ3n) is 5.01. The number of nitrogens with zero attached hydrogens (tertiary/aromatic N) is 4. The summed E-state index contributed by atoms with van der Waals surface area (Å²) in [5, 5.41) is 38.1. The smallest absolute Gasteiger partial charge is 0.240 e. The molecule has 2 aromatic rings. The van der Waals surface area contributed by atoms with Crippen LogP contribution in [0.1, 0.15) is 12.8 Å². The number of hydrogen-bond donors (Lipinski definition) is 6. The Kier molecular flexibility index (Phi) is 7.46. The largest absolute Gasteiger partial charge is 0.393 e. The molecule has 0 bridgehead atoms. The van der Waals surface area contributed by atoms with Gasteiger partial charge in [0.05, 0.1) is 18.3 Å². The van der Waals surface area contributed by atoms with Crippen molar-refractivity contribution in [2.75, 3.05) is 37.7 Å². The molecule has 0 radical (unpaired) electrons. The zero-order valence-electron chi connectivity index (χ0n) is 16.5. The van der Waals surface area contributed by atoms with Gasteiger partial charge in [-0.25, -0.2) is 17.9 Å². The highest BCUT2D eigenvalue weighted by atomic mass is 32.2. The number of primary sulfonamides is 1. The van der Waals surface area contributed by atoms with Crippen LogP contribution in [0.3, 0.4) is 0 Å². The Balaban J connectivity index is 2.04. The van der Waals surface area contributed by atoms with Crippen LogP contribution in [0.4, 0.5) is 10.1 Å². The minimum absolute atomic E-state index is 0.0164. The molecular weight excluding hydrogens is 451 g/mol. The van der Waals surface area contributed by atoms with E-state index in [1.165, 1.54) is 0 Å². The average Bonchev–Trinajstić information content (AvgIpc) is 3.27. The maximum absolute atomic E-state index is 14.5. The molecule has 1 aliphatic rings. The third kappa shape index (κ3) is 5.49. The number of hydrogen-bond acceptors (Lipinski definition) is 11. The van der Waals surface area contributed by atoms with Gasteiger partial charge in [-0.2, -0.15) is 5.21 Å². The number of halogens is 1. The number of anilines is 1. The number of aromatic amines is 1. The van der Waals surface area contributed by atoms with Crippen molar-refractivity contribution < 1.29 is 23.0 Å². The summed E-state index contributed by atoms with van der Waals surface area (Å²) in [5.74, 6) is 0.0164. The number of H-pyrrole nitrogens is 1. The van der Waals surface area contributed by atoms with Gasteiger partial charge in [-0.05, 0) is 29.3 Å². The van der Waals surface area contributed by atoms with Gasteiger partial charge < -0.3 is 20.8 Å². The Hall–Kier alpha value is -1.88. The van der Waals surface area contributed by atoms with Gasteiger partial charge in [0.25, 0.3) is 0 Å². The lowest BCUT2D eigenvalue weighted by molar-refractivity contribution is 0.0481. The number of piperidine rings is 1. The fourth-order valence-corrected chi connectivity index (χ4v) is 5.33. The molecule has 0 unspecified atom stereocenters. The van der Waals surface area contributed by atoms with Gasteiger partial charge in [-0.1, -0.05) is 0 Å². The van der Waals surface area contributed by atoms with E-state index in [1.807, 2.05) is 0 Å². The van der Waals surface area contributed by atoms with Crippen molar-refractivity contribution in [3.05, 3.63) is 12.1 Å². The molecule has 8 N–H and O–H groups in total. The molecule has 0 amide bonds. The van der Waals surface area contributed by atoms with Gasteiger partial charge in [-0.3, -0.25) is 4.72 Å². The highest BCUT2D eigenvalue weighted by Crippen LogP contribution is 2.41. The van der Waals surface area contributed by atoms with E-state index in [0.717, 1.165) is 11.9 Å². The molecule has 1 aromatic heterocycles. The van der Waals surface area contributed by atoms with Gasteiger partial charge in [0.2, 0.25) is 15.8 Å². The Morgan fingerprint density at radius 3 is 2.65 bits per heavy atom. The van der Waals surface area contributed by atoms with Crippen molar-refractivity contribution in [3.8, 4) is 11.4 Å². The van der Waals surface area contributed by atoms with Crippen molar-refractivity contribution in [1.82, 2.24) is 25.3 Å². The predicted octanol–water partition coefficient (Wildman–Crippen LogP) is -1.27. The van der Waals surface area contributed by atoms with Gasteiger partial charge >= 0.3 is 0 Å². The predicted molar refractivity (Wildman–Crippen MR) is 112 cm³/mol. The summed E-state index contributed by atoms with van der Waals surface area (Å²) in [4.78, 5) is 1.85. The molecule has 0 aliphatic carbocycles. The first kappa shape index (κ1) is 23.8. The molecule has 1 aliphatic heterocycles. The number of nitrogens with one attached hydrogen (secondary N) is 2. The number of benzene rings is 1. The zero-order chi connectivity index (χ0) is 22.6. The first-order chi connectivity index (χ1) is 14.7. The number of alkyl halides is 1. The number of aliphatic hydroxyl groups excluding tert-OH is 2. The standard InChI is InChI=1S/C16H25FN8O4S2/c17-16(9-26)3-5-25(6-4-16)11-1-2-12(30-20-8-10(27)7-18)14(31(19,28)29)13(11)15-21-23-24-22-15/h1-2,10,20,26-27H,3-9,18H2,(H2,19,28,29)(H,21,22,23,24)/t10-/m1/s1. The Morgan fingerprint density at radius 2 is 2.10 bits per heavy atom. The van der Waals surface area contributed by atoms with Gasteiger partial charge in [-0.15, -0.1) is 10.2 Å². The number of aromatic nitrogens is 4. The maximum Gasteiger partial charge on any atom is 0.240 e. The van der Waals surface area contributed by atoms with E-state index in [1.54, 1.807) is 17.0 Å². The second-order valence-electron chi connectivity index (χ2n) is 7.20. The minimum atomic E-state index is -4.25. The van der Waals surface area contributed by atoms with E-state index in [-0.39, 0.29) is 60.2 Å². The topological polar surface area (TPSA) is 196 Å². The molecule has 1 fully saturated rings. The Morgan fingerprint density at radius 1 is 1.39 bits per heavy atom. The Bertz CT molecular complexity index is 984. The van der Waals surface area contributed by atoms with Crippen LogP contribution in [0.15, 0.2) is 21.9 Å². The van der Waals surface area contributed by atoms with Gasteiger partial charge in [0.15, 0.2) is 0 Å². The average molecular weight is 477 g/mol. The van der Waals surface area contributed by atoms with Gasteiger partial charge in [0, 0.05) is 49.6 Å². The van der Waals surface area contributed by atoms with Crippen LogP contribution >= 0.6 is 11.9 Å². The van der Waals surface area contributed by atoms with Crippen LogP contribution in [0.2, 0.25) is 0 Å². The highest BCUT2D eigenvalue weighted by Gasteiger charge is 2.36. The van der Waals surface area contributed by atoms with E-state index >= 15 is 0 Å². The molecule has 0 saturated carbocycles.